The highest BCUT2D eigenvalue weighted by Crippen LogP contribution is 2.17. The number of aromatic nitrogens is 1. The van der Waals surface area contributed by atoms with Gasteiger partial charge in [-0.3, -0.25) is 0 Å². The van der Waals surface area contributed by atoms with Crippen LogP contribution in [0.2, 0.25) is 0 Å². The topological polar surface area (TPSA) is 27.8 Å². The maximum Gasteiger partial charge on any atom is 0.0457 e. The molecule has 2 rings (SSSR count). The summed E-state index contributed by atoms with van der Waals surface area (Å²) in [4.78, 5) is 3.28. The summed E-state index contributed by atoms with van der Waals surface area (Å²) in [5, 5.41) is 4.79. The standard InChI is InChI=1S/C15H18N2/c1-3-7-13(4-2)16-10-12-11-17-15-9-6-5-8-14(12)15/h1,5-6,8-9,11,13,16-17H,4,7,10H2,2H3. The van der Waals surface area contributed by atoms with Gasteiger partial charge in [0.2, 0.25) is 0 Å². The van der Waals surface area contributed by atoms with Gasteiger partial charge in [-0.1, -0.05) is 25.1 Å². The molecular formula is C15H18N2. The van der Waals surface area contributed by atoms with Crippen LogP contribution in [-0.2, 0) is 6.54 Å². The van der Waals surface area contributed by atoms with E-state index in [1.165, 1.54) is 16.5 Å². The molecule has 1 heterocycles. The van der Waals surface area contributed by atoms with Gasteiger partial charge < -0.3 is 10.3 Å². The Bertz CT molecular complexity index is 519. The molecule has 0 spiro atoms. The summed E-state index contributed by atoms with van der Waals surface area (Å²) >= 11 is 0. The van der Waals surface area contributed by atoms with Crippen molar-refractivity contribution in [2.75, 3.05) is 0 Å². The first-order chi connectivity index (χ1) is 8.35. The van der Waals surface area contributed by atoms with Gasteiger partial charge in [0.1, 0.15) is 0 Å². The molecular weight excluding hydrogens is 208 g/mol. The zero-order valence-corrected chi connectivity index (χ0v) is 10.2. The molecule has 1 aromatic carbocycles. The second kappa shape index (κ2) is 5.56. The lowest BCUT2D eigenvalue weighted by molar-refractivity contribution is 0.508. The van der Waals surface area contributed by atoms with Crippen molar-refractivity contribution in [3.8, 4) is 12.3 Å². The first kappa shape index (κ1) is 11.8. The summed E-state index contributed by atoms with van der Waals surface area (Å²) < 4.78 is 0. The zero-order valence-electron chi connectivity index (χ0n) is 10.2. The SMILES string of the molecule is C#CCC(CC)NCc1c[nH]c2ccccc12. The molecule has 1 atom stereocenters. The first-order valence-electron chi connectivity index (χ1n) is 6.07. The number of hydrogen-bond acceptors (Lipinski definition) is 1. The van der Waals surface area contributed by atoms with Crippen molar-refractivity contribution in [1.82, 2.24) is 10.3 Å². The average molecular weight is 226 g/mol. The number of fused-ring (bicyclic) bond motifs is 1. The van der Waals surface area contributed by atoms with Crippen molar-refractivity contribution in [3.05, 3.63) is 36.0 Å². The van der Waals surface area contributed by atoms with Crippen LogP contribution in [0.4, 0.5) is 0 Å². The van der Waals surface area contributed by atoms with Crippen LogP contribution in [0.15, 0.2) is 30.5 Å². The summed E-state index contributed by atoms with van der Waals surface area (Å²) in [6.07, 6.45) is 9.27. The second-order valence-corrected chi connectivity index (χ2v) is 4.25. The number of aromatic amines is 1. The molecule has 0 bridgehead atoms. The molecule has 2 heteroatoms. The molecule has 17 heavy (non-hydrogen) atoms. The van der Waals surface area contributed by atoms with Crippen LogP contribution in [0.25, 0.3) is 10.9 Å². The zero-order chi connectivity index (χ0) is 12.1. The number of benzene rings is 1. The molecule has 88 valence electrons. The average Bonchev–Trinajstić information content (AvgIpc) is 2.78. The van der Waals surface area contributed by atoms with E-state index in [-0.39, 0.29) is 0 Å². The number of terminal acetylenes is 1. The largest absolute Gasteiger partial charge is 0.361 e. The number of H-pyrrole nitrogens is 1. The minimum Gasteiger partial charge on any atom is -0.361 e. The van der Waals surface area contributed by atoms with Crippen LogP contribution in [0.5, 0.6) is 0 Å². The first-order valence-corrected chi connectivity index (χ1v) is 6.07. The van der Waals surface area contributed by atoms with E-state index < -0.39 is 0 Å². The lowest BCUT2D eigenvalue weighted by Crippen LogP contribution is -2.27. The van der Waals surface area contributed by atoms with Crippen LogP contribution < -0.4 is 5.32 Å². The van der Waals surface area contributed by atoms with Crippen molar-refractivity contribution >= 4 is 10.9 Å². The Morgan fingerprint density at radius 2 is 2.24 bits per heavy atom. The smallest absolute Gasteiger partial charge is 0.0457 e. The maximum atomic E-state index is 5.35. The summed E-state index contributed by atoms with van der Waals surface area (Å²) in [7, 11) is 0. The van der Waals surface area contributed by atoms with Crippen LogP contribution in [-0.4, -0.2) is 11.0 Å². The number of para-hydroxylation sites is 1. The molecule has 0 aliphatic rings. The van der Waals surface area contributed by atoms with Crippen LogP contribution in [0.1, 0.15) is 25.3 Å². The molecule has 0 fully saturated rings. The third-order valence-electron chi connectivity index (χ3n) is 3.11. The fourth-order valence-electron chi connectivity index (χ4n) is 2.04. The summed E-state index contributed by atoms with van der Waals surface area (Å²) in [6, 6.07) is 8.76. The van der Waals surface area contributed by atoms with Crippen molar-refractivity contribution < 1.29 is 0 Å². The van der Waals surface area contributed by atoms with E-state index in [9.17, 15) is 0 Å². The van der Waals surface area contributed by atoms with Gasteiger partial charge in [-0.15, -0.1) is 12.3 Å². The van der Waals surface area contributed by atoms with Crippen molar-refractivity contribution in [1.29, 1.82) is 0 Å². The Hall–Kier alpha value is -1.72. The van der Waals surface area contributed by atoms with Gasteiger partial charge >= 0.3 is 0 Å². The molecule has 0 saturated carbocycles. The van der Waals surface area contributed by atoms with Crippen molar-refractivity contribution in [2.24, 2.45) is 0 Å². The van der Waals surface area contributed by atoms with E-state index in [1.54, 1.807) is 0 Å². The third-order valence-corrected chi connectivity index (χ3v) is 3.11. The normalized spacial score (nSPS) is 12.5. The Morgan fingerprint density at radius 3 is 3.00 bits per heavy atom. The van der Waals surface area contributed by atoms with Crippen LogP contribution in [0.3, 0.4) is 0 Å². The molecule has 2 N–H and O–H groups in total. The summed E-state index contributed by atoms with van der Waals surface area (Å²) in [5.74, 6) is 2.72. The van der Waals surface area contributed by atoms with Gasteiger partial charge in [0, 0.05) is 36.1 Å². The van der Waals surface area contributed by atoms with Gasteiger partial charge in [0.15, 0.2) is 0 Å². The van der Waals surface area contributed by atoms with Gasteiger partial charge in [-0.05, 0) is 18.1 Å². The molecule has 0 aliphatic heterocycles. The van der Waals surface area contributed by atoms with E-state index in [2.05, 4.69) is 47.5 Å². The fraction of sp³-hybridized carbons (Fsp3) is 0.333. The molecule has 0 radical (unpaired) electrons. The van der Waals surface area contributed by atoms with E-state index in [4.69, 9.17) is 6.42 Å². The van der Waals surface area contributed by atoms with E-state index in [0.29, 0.717) is 6.04 Å². The van der Waals surface area contributed by atoms with Gasteiger partial charge in [0.25, 0.3) is 0 Å². The van der Waals surface area contributed by atoms with Gasteiger partial charge in [-0.2, -0.15) is 0 Å². The fourth-order valence-corrected chi connectivity index (χ4v) is 2.04. The molecule has 2 nitrogen and oxygen atoms in total. The Kier molecular flexibility index (Phi) is 3.85. The highest BCUT2D eigenvalue weighted by atomic mass is 14.9. The Labute approximate surface area is 102 Å². The maximum absolute atomic E-state index is 5.35. The van der Waals surface area contributed by atoms with E-state index in [0.717, 1.165) is 19.4 Å². The van der Waals surface area contributed by atoms with Crippen LogP contribution in [0, 0.1) is 12.3 Å². The summed E-state index contributed by atoms with van der Waals surface area (Å²) in [5.41, 5.74) is 2.49. The van der Waals surface area contributed by atoms with E-state index >= 15 is 0 Å². The highest BCUT2D eigenvalue weighted by Gasteiger charge is 2.06. The Balaban J connectivity index is 2.06. The Morgan fingerprint density at radius 1 is 1.41 bits per heavy atom. The third kappa shape index (κ3) is 2.69. The lowest BCUT2D eigenvalue weighted by atomic mass is 10.1. The quantitative estimate of drug-likeness (QED) is 0.753. The molecule has 1 unspecified atom stereocenters. The number of hydrogen-bond donors (Lipinski definition) is 2. The molecule has 0 saturated heterocycles. The molecule has 2 aromatic rings. The monoisotopic (exact) mass is 226 g/mol. The van der Waals surface area contributed by atoms with Gasteiger partial charge in [-0.25, -0.2) is 0 Å². The molecule has 0 amide bonds. The lowest BCUT2D eigenvalue weighted by Gasteiger charge is -2.13. The minimum absolute atomic E-state index is 0.411. The molecule has 0 aliphatic carbocycles. The number of rotatable bonds is 5. The van der Waals surface area contributed by atoms with Crippen LogP contribution >= 0.6 is 0 Å². The number of nitrogens with one attached hydrogen (secondary N) is 2. The van der Waals surface area contributed by atoms with Gasteiger partial charge in [0.05, 0.1) is 0 Å². The highest BCUT2D eigenvalue weighted by molar-refractivity contribution is 5.82. The van der Waals surface area contributed by atoms with E-state index in [1.807, 2.05) is 6.07 Å². The predicted octanol–water partition coefficient (Wildman–Crippen LogP) is 3.06. The van der Waals surface area contributed by atoms with Crippen molar-refractivity contribution in [3.63, 3.8) is 0 Å². The summed E-state index contributed by atoms with van der Waals surface area (Å²) in [6.45, 7) is 3.02. The van der Waals surface area contributed by atoms with Crippen molar-refractivity contribution in [2.45, 2.75) is 32.4 Å². The minimum atomic E-state index is 0.411. The second-order valence-electron chi connectivity index (χ2n) is 4.25. The molecule has 1 aromatic heterocycles. The predicted molar refractivity (Wildman–Crippen MR) is 72.7 cm³/mol.